The summed E-state index contributed by atoms with van der Waals surface area (Å²) in [4.78, 5) is 11.9. The number of carboxylic acid groups (broad SMARTS) is 1. The average Bonchev–Trinajstić information content (AvgIpc) is 2.47. The maximum absolute atomic E-state index is 11.9. The second kappa shape index (κ2) is 4.85. The number of para-hydroxylation sites is 1. The normalized spacial score (nSPS) is 21.3. The maximum atomic E-state index is 11.9. The number of benzene rings is 1. The highest BCUT2D eigenvalue weighted by atomic mass is 16.7. The summed E-state index contributed by atoms with van der Waals surface area (Å²) in [6.07, 6.45) is 4.44. The van der Waals surface area contributed by atoms with Gasteiger partial charge in [-0.15, -0.1) is 0 Å². The lowest BCUT2D eigenvalue weighted by Gasteiger charge is -2.36. The van der Waals surface area contributed by atoms with Crippen LogP contribution < -0.4 is 4.74 Å². The Hall–Kier alpha value is -1.55. The lowest BCUT2D eigenvalue weighted by molar-refractivity contribution is -0.145. The van der Waals surface area contributed by atoms with Gasteiger partial charge in [-0.25, -0.2) is 0 Å². The van der Waals surface area contributed by atoms with Crippen LogP contribution in [0.25, 0.3) is 0 Å². The lowest BCUT2D eigenvalue weighted by Crippen LogP contribution is -2.38. The van der Waals surface area contributed by atoms with Crippen LogP contribution in [-0.2, 0) is 21.6 Å². The van der Waals surface area contributed by atoms with E-state index in [-0.39, 0.29) is 6.79 Å². The van der Waals surface area contributed by atoms with Crippen molar-refractivity contribution >= 4 is 5.97 Å². The molecule has 0 unspecified atom stereocenters. The first-order valence-corrected chi connectivity index (χ1v) is 6.80. The molecule has 0 amide bonds. The first-order valence-electron chi connectivity index (χ1n) is 6.80. The van der Waals surface area contributed by atoms with Gasteiger partial charge in [0.25, 0.3) is 0 Å². The standard InChI is InChI=1S/C15H18O4/c16-14(17)15(7-2-1-3-8-15)12-6-4-5-11-9-18-10-19-13(11)12/h4-6H,1-3,7-10H2,(H,16,17). The molecule has 1 aliphatic heterocycles. The molecular weight excluding hydrogens is 244 g/mol. The topological polar surface area (TPSA) is 55.8 Å². The van der Waals surface area contributed by atoms with Crippen LogP contribution in [0.5, 0.6) is 5.75 Å². The highest BCUT2D eigenvalue weighted by molar-refractivity contribution is 5.83. The molecule has 102 valence electrons. The fourth-order valence-corrected chi connectivity index (χ4v) is 3.25. The molecule has 0 aromatic heterocycles. The molecule has 3 rings (SSSR count). The molecule has 2 aliphatic rings. The van der Waals surface area contributed by atoms with Gasteiger partial charge >= 0.3 is 5.97 Å². The Morgan fingerprint density at radius 3 is 2.74 bits per heavy atom. The monoisotopic (exact) mass is 262 g/mol. The van der Waals surface area contributed by atoms with E-state index in [2.05, 4.69) is 0 Å². The second-order valence-electron chi connectivity index (χ2n) is 5.35. The van der Waals surface area contributed by atoms with Crippen molar-refractivity contribution in [2.75, 3.05) is 6.79 Å². The van der Waals surface area contributed by atoms with Crippen molar-refractivity contribution in [3.05, 3.63) is 29.3 Å². The predicted molar refractivity (Wildman–Crippen MR) is 69.1 cm³/mol. The van der Waals surface area contributed by atoms with Gasteiger partial charge in [0.2, 0.25) is 0 Å². The number of aliphatic carboxylic acids is 1. The van der Waals surface area contributed by atoms with E-state index >= 15 is 0 Å². The highest BCUT2D eigenvalue weighted by Gasteiger charge is 2.44. The van der Waals surface area contributed by atoms with E-state index in [1.165, 1.54) is 0 Å². The van der Waals surface area contributed by atoms with Crippen molar-refractivity contribution < 1.29 is 19.4 Å². The summed E-state index contributed by atoms with van der Waals surface area (Å²) in [5.41, 5.74) is 1.01. The van der Waals surface area contributed by atoms with Crippen LogP contribution in [0.15, 0.2) is 18.2 Å². The van der Waals surface area contributed by atoms with Crippen LogP contribution in [-0.4, -0.2) is 17.9 Å². The summed E-state index contributed by atoms with van der Waals surface area (Å²) in [6.45, 7) is 0.707. The molecule has 0 saturated heterocycles. The Morgan fingerprint density at radius 1 is 1.21 bits per heavy atom. The van der Waals surface area contributed by atoms with Crippen LogP contribution in [0.3, 0.4) is 0 Å². The lowest BCUT2D eigenvalue weighted by atomic mass is 9.69. The quantitative estimate of drug-likeness (QED) is 0.890. The van der Waals surface area contributed by atoms with Crippen molar-refractivity contribution in [2.24, 2.45) is 0 Å². The summed E-state index contributed by atoms with van der Waals surface area (Å²) < 4.78 is 10.9. The molecule has 1 saturated carbocycles. The molecule has 1 fully saturated rings. The van der Waals surface area contributed by atoms with Crippen LogP contribution in [0, 0.1) is 0 Å². The molecule has 1 N–H and O–H groups in total. The van der Waals surface area contributed by atoms with Gasteiger partial charge in [0.1, 0.15) is 5.75 Å². The average molecular weight is 262 g/mol. The van der Waals surface area contributed by atoms with Gasteiger partial charge < -0.3 is 14.6 Å². The Labute approximate surface area is 112 Å². The molecular formula is C15H18O4. The van der Waals surface area contributed by atoms with E-state index in [0.717, 1.165) is 36.1 Å². The van der Waals surface area contributed by atoms with Crippen molar-refractivity contribution in [2.45, 2.75) is 44.1 Å². The number of ether oxygens (including phenoxy) is 2. The van der Waals surface area contributed by atoms with Gasteiger partial charge in [0, 0.05) is 11.1 Å². The van der Waals surface area contributed by atoms with Gasteiger partial charge in [0.05, 0.1) is 12.0 Å². The fourth-order valence-electron chi connectivity index (χ4n) is 3.25. The van der Waals surface area contributed by atoms with Crippen LogP contribution in [0.1, 0.15) is 43.2 Å². The summed E-state index contributed by atoms with van der Waals surface area (Å²) >= 11 is 0. The van der Waals surface area contributed by atoms with E-state index < -0.39 is 11.4 Å². The predicted octanol–water partition coefficient (Wildman–Crippen LogP) is 2.84. The minimum absolute atomic E-state index is 0.208. The van der Waals surface area contributed by atoms with Gasteiger partial charge in [0.15, 0.2) is 6.79 Å². The second-order valence-corrected chi connectivity index (χ2v) is 5.35. The Balaban J connectivity index is 2.10. The van der Waals surface area contributed by atoms with Gasteiger partial charge in [-0.2, -0.15) is 0 Å². The molecule has 0 spiro atoms. The summed E-state index contributed by atoms with van der Waals surface area (Å²) in [6, 6.07) is 5.76. The third kappa shape index (κ3) is 2.00. The van der Waals surface area contributed by atoms with Crippen molar-refractivity contribution in [1.82, 2.24) is 0 Å². The third-order valence-electron chi connectivity index (χ3n) is 4.27. The zero-order valence-corrected chi connectivity index (χ0v) is 10.9. The smallest absolute Gasteiger partial charge is 0.314 e. The summed E-state index contributed by atoms with van der Waals surface area (Å²) in [5, 5.41) is 9.76. The van der Waals surface area contributed by atoms with Crippen molar-refractivity contribution in [3.63, 3.8) is 0 Å². The van der Waals surface area contributed by atoms with E-state index in [0.29, 0.717) is 19.4 Å². The van der Waals surface area contributed by atoms with Gasteiger partial charge in [-0.3, -0.25) is 4.79 Å². The number of hydrogen-bond donors (Lipinski definition) is 1. The minimum Gasteiger partial charge on any atom is -0.481 e. The number of carboxylic acids is 1. The summed E-state index contributed by atoms with van der Waals surface area (Å²) in [7, 11) is 0. The van der Waals surface area contributed by atoms with E-state index in [1.54, 1.807) is 0 Å². The zero-order valence-electron chi connectivity index (χ0n) is 10.9. The number of rotatable bonds is 2. The van der Waals surface area contributed by atoms with E-state index in [4.69, 9.17) is 9.47 Å². The van der Waals surface area contributed by atoms with E-state index in [1.807, 2.05) is 18.2 Å². The van der Waals surface area contributed by atoms with E-state index in [9.17, 15) is 9.90 Å². The molecule has 1 aliphatic carbocycles. The van der Waals surface area contributed by atoms with Crippen LogP contribution >= 0.6 is 0 Å². The Kier molecular flexibility index (Phi) is 3.19. The molecule has 4 heteroatoms. The molecule has 0 atom stereocenters. The number of carbonyl (C=O) groups is 1. The third-order valence-corrected chi connectivity index (χ3v) is 4.27. The van der Waals surface area contributed by atoms with Crippen molar-refractivity contribution in [1.29, 1.82) is 0 Å². The largest absolute Gasteiger partial charge is 0.481 e. The van der Waals surface area contributed by atoms with Crippen molar-refractivity contribution in [3.8, 4) is 5.75 Å². The Bertz CT molecular complexity index is 489. The first kappa shape index (κ1) is 12.5. The fraction of sp³-hybridized carbons (Fsp3) is 0.533. The maximum Gasteiger partial charge on any atom is 0.314 e. The SMILES string of the molecule is O=C(O)C1(c2cccc3c2OCOC3)CCCCC1. The first-order chi connectivity index (χ1) is 9.24. The molecule has 1 aromatic rings. The van der Waals surface area contributed by atoms with Gasteiger partial charge in [-0.1, -0.05) is 37.5 Å². The molecule has 1 heterocycles. The summed E-state index contributed by atoms with van der Waals surface area (Å²) in [5.74, 6) is 0.00809. The highest BCUT2D eigenvalue weighted by Crippen LogP contribution is 2.45. The van der Waals surface area contributed by atoms with Crippen LogP contribution in [0.2, 0.25) is 0 Å². The molecule has 0 radical (unpaired) electrons. The molecule has 0 bridgehead atoms. The van der Waals surface area contributed by atoms with Gasteiger partial charge in [-0.05, 0) is 12.8 Å². The molecule has 4 nitrogen and oxygen atoms in total. The minimum atomic E-state index is -0.777. The molecule has 19 heavy (non-hydrogen) atoms. The number of fused-ring (bicyclic) bond motifs is 1. The van der Waals surface area contributed by atoms with Crippen LogP contribution in [0.4, 0.5) is 0 Å². The molecule has 1 aromatic carbocycles. The zero-order chi connectivity index (χ0) is 13.3. The Morgan fingerprint density at radius 2 is 2.00 bits per heavy atom. The number of hydrogen-bond acceptors (Lipinski definition) is 3.